The van der Waals surface area contributed by atoms with Crippen LogP contribution in [0.25, 0.3) is 10.8 Å². The van der Waals surface area contributed by atoms with E-state index in [1.807, 2.05) is 55.4 Å². The van der Waals surface area contributed by atoms with Crippen LogP contribution >= 0.6 is 0 Å². The zero-order valence-electron chi connectivity index (χ0n) is 26.5. The van der Waals surface area contributed by atoms with Crippen LogP contribution in [0.15, 0.2) is 65.6 Å². The van der Waals surface area contributed by atoms with Gasteiger partial charge in [-0.1, -0.05) is 42.5 Å². The van der Waals surface area contributed by atoms with Gasteiger partial charge in [0.2, 0.25) is 15.9 Å². The van der Waals surface area contributed by atoms with E-state index in [4.69, 9.17) is 19.0 Å². The average Bonchev–Trinajstić information content (AvgIpc) is 2.96. The summed E-state index contributed by atoms with van der Waals surface area (Å²) in [5.74, 6) is -0.675. The number of nitrogens with one attached hydrogen (secondary N) is 1. The first-order valence-electron chi connectivity index (χ1n) is 14.3. The molecule has 0 fully saturated rings. The average molecular weight is 630 g/mol. The van der Waals surface area contributed by atoms with Crippen LogP contribution in [0.5, 0.6) is 11.5 Å². The van der Waals surface area contributed by atoms with Gasteiger partial charge < -0.3 is 19.1 Å². The van der Waals surface area contributed by atoms with Crippen molar-refractivity contribution in [3.05, 3.63) is 66.2 Å². The van der Waals surface area contributed by atoms with Crippen molar-refractivity contribution in [2.75, 3.05) is 48.0 Å². The highest BCUT2D eigenvalue weighted by Crippen LogP contribution is 2.30. The topological polar surface area (TPSA) is 124 Å². The Morgan fingerprint density at radius 2 is 1.55 bits per heavy atom. The van der Waals surface area contributed by atoms with Gasteiger partial charge in [0.1, 0.15) is 34.6 Å². The minimum absolute atomic E-state index is 0.0959. The van der Waals surface area contributed by atoms with E-state index in [9.17, 15) is 18.0 Å². The number of fused-ring (bicyclic) bond motifs is 1. The summed E-state index contributed by atoms with van der Waals surface area (Å²) in [6.45, 7) is 6.36. The Hall–Kier alpha value is -3.71. The SMILES string of the molecule is CON(C)C(=O)CC(NS(=O)(=O)c1ccccc1OCCc1c(OCCN(C)C)ccc2ccccc12)C(=O)OC(C)(C)C. The number of hydrogen-bond acceptors (Lipinski definition) is 9. The Morgan fingerprint density at radius 1 is 0.886 bits per heavy atom. The lowest BCUT2D eigenvalue weighted by Crippen LogP contribution is -2.46. The molecule has 0 aliphatic heterocycles. The number of carbonyl (C=O) groups excluding carboxylic acids is 2. The van der Waals surface area contributed by atoms with Crippen LogP contribution in [0.4, 0.5) is 0 Å². The maximum Gasteiger partial charge on any atom is 0.325 e. The second kappa shape index (κ2) is 15.3. The molecule has 0 radical (unpaired) electrons. The summed E-state index contributed by atoms with van der Waals surface area (Å²) in [7, 11) is 2.26. The minimum atomic E-state index is -4.34. The van der Waals surface area contributed by atoms with Crippen molar-refractivity contribution >= 4 is 32.7 Å². The van der Waals surface area contributed by atoms with Crippen molar-refractivity contribution in [1.82, 2.24) is 14.7 Å². The summed E-state index contributed by atoms with van der Waals surface area (Å²) >= 11 is 0. The number of benzene rings is 3. The summed E-state index contributed by atoms with van der Waals surface area (Å²) in [6, 6.07) is 16.5. The van der Waals surface area contributed by atoms with Crippen molar-refractivity contribution in [2.45, 2.75) is 50.2 Å². The van der Waals surface area contributed by atoms with Crippen LogP contribution in [-0.2, 0) is 35.6 Å². The molecule has 0 aromatic heterocycles. The maximum atomic E-state index is 13.6. The molecule has 3 rings (SSSR count). The van der Waals surface area contributed by atoms with Gasteiger partial charge in [-0.25, -0.2) is 13.5 Å². The second-order valence-electron chi connectivity index (χ2n) is 11.4. The molecule has 1 unspecified atom stereocenters. The predicted molar refractivity (Wildman–Crippen MR) is 168 cm³/mol. The standard InChI is InChI=1S/C32H43N3O8S/c1-32(2,3)43-31(37)26(22-30(36)35(6)40-7)33-44(38,39)29-15-11-10-14-28(29)41-20-18-25-24-13-9-8-12-23(24)16-17-27(25)42-21-19-34(4)5/h8-17,26,33H,18-22H2,1-7H3. The number of hydrogen-bond donors (Lipinski definition) is 1. The van der Waals surface area contributed by atoms with Crippen molar-refractivity contribution in [3.63, 3.8) is 0 Å². The number of nitrogens with zero attached hydrogens (tertiary/aromatic N) is 2. The van der Waals surface area contributed by atoms with Crippen molar-refractivity contribution in [2.24, 2.45) is 0 Å². The van der Waals surface area contributed by atoms with Crippen LogP contribution in [0, 0.1) is 0 Å². The number of rotatable bonds is 15. The van der Waals surface area contributed by atoms with Gasteiger partial charge in [-0.3, -0.25) is 14.4 Å². The van der Waals surface area contributed by atoms with Gasteiger partial charge in [0.25, 0.3) is 0 Å². The number of ether oxygens (including phenoxy) is 3. The van der Waals surface area contributed by atoms with Crippen molar-refractivity contribution < 1.29 is 37.1 Å². The third-order valence-corrected chi connectivity index (χ3v) is 8.05. The number of amides is 1. The Balaban J connectivity index is 1.84. The van der Waals surface area contributed by atoms with E-state index in [1.54, 1.807) is 39.0 Å². The minimum Gasteiger partial charge on any atom is -0.492 e. The van der Waals surface area contributed by atoms with Crippen molar-refractivity contribution in [1.29, 1.82) is 0 Å². The number of para-hydroxylation sites is 1. The molecule has 0 saturated carbocycles. The summed E-state index contributed by atoms with van der Waals surface area (Å²) in [4.78, 5) is 32.3. The highest BCUT2D eigenvalue weighted by molar-refractivity contribution is 7.89. The lowest BCUT2D eigenvalue weighted by Gasteiger charge is -2.25. The molecule has 1 amide bonds. The Morgan fingerprint density at radius 3 is 2.23 bits per heavy atom. The van der Waals surface area contributed by atoms with Crippen LogP contribution in [-0.4, -0.2) is 89.9 Å². The highest BCUT2D eigenvalue weighted by atomic mass is 32.2. The molecule has 0 aliphatic rings. The Bertz CT molecular complexity index is 1540. The fraction of sp³-hybridized carbons (Fsp3) is 0.438. The highest BCUT2D eigenvalue weighted by Gasteiger charge is 2.33. The van der Waals surface area contributed by atoms with E-state index < -0.39 is 40.0 Å². The number of sulfonamides is 1. The normalized spacial score (nSPS) is 12.6. The first-order chi connectivity index (χ1) is 20.7. The third-order valence-electron chi connectivity index (χ3n) is 6.53. The fourth-order valence-electron chi connectivity index (χ4n) is 4.30. The quantitative estimate of drug-likeness (QED) is 0.198. The zero-order chi connectivity index (χ0) is 32.5. The summed E-state index contributed by atoms with van der Waals surface area (Å²) in [6.07, 6.45) is -0.0714. The van der Waals surface area contributed by atoms with Gasteiger partial charge >= 0.3 is 5.97 Å². The Labute approximate surface area is 260 Å². The lowest BCUT2D eigenvalue weighted by atomic mass is 10.0. The van der Waals surface area contributed by atoms with Gasteiger partial charge in [0, 0.05) is 25.6 Å². The molecular weight excluding hydrogens is 586 g/mol. The van der Waals surface area contributed by atoms with Crippen LogP contribution in [0.2, 0.25) is 0 Å². The second-order valence-corrected chi connectivity index (χ2v) is 13.1. The maximum absolute atomic E-state index is 13.6. The van der Waals surface area contributed by atoms with Gasteiger partial charge in [-0.05, 0) is 63.8 Å². The molecule has 1 N–H and O–H groups in total. The summed E-state index contributed by atoms with van der Waals surface area (Å²) < 4.78 is 47.1. The van der Waals surface area contributed by atoms with E-state index in [0.717, 1.165) is 33.7 Å². The first-order valence-corrected chi connectivity index (χ1v) is 15.8. The number of hydroxylamine groups is 2. The largest absolute Gasteiger partial charge is 0.492 e. The van der Waals surface area contributed by atoms with Gasteiger partial charge in [-0.2, -0.15) is 4.72 Å². The van der Waals surface area contributed by atoms with E-state index in [0.29, 0.717) is 13.0 Å². The first kappa shape index (κ1) is 34.8. The molecule has 0 heterocycles. The molecule has 0 aliphatic carbocycles. The van der Waals surface area contributed by atoms with E-state index in [1.165, 1.54) is 20.2 Å². The van der Waals surface area contributed by atoms with Crippen LogP contribution < -0.4 is 14.2 Å². The van der Waals surface area contributed by atoms with E-state index in [-0.39, 0.29) is 17.3 Å². The van der Waals surface area contributed by atoms with Crippen LogP contribution in [0.3, 0.4) is 0 Å². The van der Waals surface area contributed by atoms with E-state index in [2.05, 4.69) is 4.72 Å². The molecule has 44 heavy (non-hydrogen) atoms. The molecule has 1 atom stereocenters. The zero-order valence-corrected chi connectivity index (χ0v) is 27.3. The molecule has 240 valence electrons. The summed E-state index contributed by atoms with van der Waals surface area (Å²) in [5.41, 5.74) is 0.0420. The van der Waals surface area contributed by atoms with Crippen LogP contribution in [0.1, 0.15) is 32.8 Å². The lowest BCUT2D eigenvalue weighted by molar-refractivity contribution is -0.172. The van der Waals surface area contributed by atoms with E-state index >= 15 is 0 Å². The molecule has 3 aromatic carbocycles. The van der Waals surface area contributed by atoms with Gasteiger partial charge in [0.05, 0.1) is 20.1 Å². The molecule has 11 nitrogen and oxygen atoms in total. The van der Waals surface area contributed by atoms with Gasteiger partial charge in [0.15, 0.2) is 0 Å². The van der Waals surface area contributed by atoms with Crippen molar-refractivity contribution in [3.8, 4) is 11.5 Å². The monoisotopic (exact) mass is 629 g/mol. The molecule has 12 heteroatoms. The summed E-state index contributed by atoms with van der Waals surface area (Å²) in [5, 5.41) is 2.98. The molecule has 3 aromatic rings. The predicted octanol–water partition coefficient (Wildman–Crippen LogP) is 3.80. The number of carbonyl (C=O) groups is 2. The molecular formula is C32H43N3O8S. The molecule has 0 bridgehead atoms. The number of likely N-dealkylation sites (N-methyl/N-ethyl adjacent to an activating group) is 1. The van der Waals surface area contributed by atoms with Gasteiger partial charge in [-0.15, -0.1) is 0 Å². The fourth-order valence-corrected chi connectivity index (χ4v) is 5.63. The number of esters is 1. The molecule has 0 saturated heterocycles. The Kier molecular flexibility index (Phi) is 12.1. The molecule has 0 spiro atoms. The smallest absolute Gasteiger partial charge is 0.325 e. The third kappa shape index (κ3) is 9.91.